The van der Waals surface area contributed by atoms with Crippen molar-refractivity contribution in [1.29, 1.82) is 0 Å². The maximum atomic E-state index is 10.0. The second kappa shape index (κ2) is 10.5. The van der Waals surface area contributed by atoms with E-state index < -0.39 is 0 Å². The molecular weight excluding hydrogens is 504 g/mol. The van der Waals surface area contributed by atoms with Gasteiger partial charge in [-0.25, -0.2) is 5.10 Å². The molecule has 137 valence electrons. The number of benzene rings is 2. The van der Waals surface area contributed by atoms with Crippen molar-refractivity contribution in [3.63, 3.8) is 0 Å². The summed E-state index contributed by atoms with van der Waals surface area (Å²) in [6.45, 7) is 2.85. The van der Waals surface area contributed by atoms with Crippen molar-refractivity contribution in [2.75, 3.05) is 0 Å². The van der Waals surface area contributed by atoms with Gasteiger partial charge in [0, 0.05) is 45.1 Å². The number of aliphatic hydroxyl groups excluding tert-OH is 1. The molecule has 0 fully saturated rings. The van der Waals surface area contributed by atoms with E-state index in [1.54, 1.807) is 4.68 Å². The Morgan fingerprint density at radius 3 is 2.19 bits per heavy atom. The normalized spacial score (nSPS) is 10.3. The predicted molar refractivity (Wildman–Crippen MR) is 100.0 cm³/mol. The van der Waals surface area contributed by atoms with Crippen LogP contribution in [0.3, 0.4) is 0 Å². The molecule has 0 saturated carbocycles. The minimum atomic E-state index is -0.125. The van der Waals surface area contributed by atoms with Gasteiger partial charge in [0.05, 0.1) is 5.76 Å². The van der Waals surface area contributed by atoms with Crippen molar-refractivity contribution in [1.82, 2.24) is 9.78 Å². The minimum Gasteiger partial charge on any atom is -0.512 e. The van der Waals surface area contributed by atoms with Gasteiger partial charge in [-0.15, -0.1) is 29.8 Å². The smallest absolute Gasteiger partial charge is 0.155 e. The van der Waals surface area contributed by atoms with E-state index in [1.807, 2.05) is 43.6 Å². The number of rotatable bonds is 3. The van der Waals surface area contributed by atoms with Crippen LogP contribution in [-0.2, 0) is 31.9 Å². The summed E-state index contributed by atoms with van der Waals surface area (Å²) in [7, 11) is 1.92. The van der Waals surface area contributed by atoms with E-state index in [9.17, 15) is 4.79 Å². The van der Waals surface area contributed by atoms with E-state index in [4.69, 9.17) is 5.11 Å². The molecule has 0 aliphatic carbocycles. The summed E-state index contributed by atoms with van der Waals surface area (Å²) in [6.07, 6.45) is 3.11. The van der Waals surface area contributed by atoms with E-state index in [-0.39, 0.29) is 31.6 Å². The zero-order valence-electron chi connectivity index (χ0n) is 14.9. The Labute approximate surface area is 167 Å². The number of nitrogens with zero attached hydrogens (tertiary/aromatic N) is 2. The van der Waals surface area contributed by atoms with Crippen LogP contribution in [0.1, 0.15) is 13.8 Å². The molecular formula is C21H21IrN2O2-. The molecule has 0 aliphatic heterocycles. The maximum Gasteiger partial charge on any atom is 0.155 e. The number of aromatic nitrogens is 2. The van der Waals surface area contributed by atoms with E-state index in [0.29, 0.717) is 0 Å². The van der Waals surface area contributed by atoms with Crippen LogP contribution < -0.4 is 0 Å². The molecule has 26 heavy (non-hydrogen) atoms. The topological polar surface area (TPSA) is 55.1 Å². The second-order valence-electron chi connectivity index (χ2n) is 5.63. The van der Waals surface area contributed by atoms with Crippen molar-refractivity contribution in [3.05, 3.63) is 78.7 Å². The fourth-order valence-electron chi connectivity index (χ4n) is 2.25. The van der Waals surface area contributed by atoms with Crippen LogP contribution in [-0.4, -0.2) is 20.7 Å². The van der Waals surface area contributed by atoms with Crippen LogP contribution >= 0.6 is 0 Å². The Morgan fingerprint density at radius 2 is 1.77 bits per heavy atom. The van der Waals surface area contributed by atoms with Crippen LogP contribution in [0.2, 0.25) is 0 Å². The minimum absolute atomic E-state index is 0. The van der Waals surface area contributed by atoms with Crippen molar-refractivity contribution < 1.29 is 30.0 Å². The molecule has 5 heteroatoms. The molecule has 0 unspecified atom stereocenters. The zero-order chi connectivity index (χ0) is 18.2. The largest absolute Gasteiger partial charge is 0.512 e. The number of allylic oxidation sites excluding steroid dienone is 2. The first kappa shape index (κ1) is 21.6. The first-order valence-electron chi connectivity index (χ1n) is 7.90. The van der Waals surface area contributed by atoms with Crippen LogP contribution in [0.25, 0.3) is 22.4 Å². The van der Waals surface area contributed by atoms with Gasteiger partial charge in [0.2, 0.25) is 0 Å². The van der Waals surface area contributed by atoms with Crippen LogP contribution in [0.15, 0.2) is 72.6 Å². The molecule has 1 radical (unpaired) electrons. The number of carbonyl (C=O) groups is 1. The maximum absolute atomic E-state index is 10.0. The summed E-state index contributed by atoms with van der Waals surface area (Å²) >= 11 is 0. The van der Waals surface area contributed by atoms with Gasteiger partial charge in [-0.2, -0.15) is 0 Å². The monoisotopic (exact) mass is 526 g/mol. The predicted octanol–water partition coefficient (Wildman–Crippen LogP) is 4.59. The van der Waals surface area contributed by atoms with Crippen molar-refractivity contribution in [3.8, 4) is 22.4 Å². The molecule has 3 aromatic rings. The standard InChI is InChI=1S/C16H13N2.C5H8O2.Ir/c1-18-12-11-16(17-18)15-9-7-14(8-10-15)13-5-3-2-4-6-13;1-4(6)3-5(2)7;/h2-9,11-12H,1H3;3,6H,1-2H3;/q-1;;/b;4-3-;. The first-order valence-corrected chi connectivity index (χ1v) is 7.90. The quantitative estimate of drug-likeness (QED) is 0.309. The second-order valence-corrected chi connectivity index (χ2v) is 5.63. The molecule has 3 rings (SSSR count). The molecule has 1 aromatic heterocycles. The number of ketones is 1. The summed E-state index contributed by atoms with van der Waals surface area (Å²) in [5, 5.41) is 12.7. The summed E-state index contributed by atoms with van der Waals surface area (Å²) in [4.78, 5) is 10.0. The van der Waals surface area contributed by atoms with E-state index in [0.717, 1.165) is 11.3 Å². The zero-order valence-corrected chi connectivity index (χ0v) is 17.3. The Hall–Kier alpha value is -2.49. The van der Waals surface area contributed by atoms with Crippen LogP contribution in [0, 0.1) is 6.07 Å². The van der Waals surface area contributed by atoms with Gasteiger partial charge in [-0.05, 0) is 13.8 Å². The van der Waals surface area contributed by atoms with Crippen molar-refractivity contribution in [2.45, 2.75) is 13.8 Å². The van der Waals surface area contributed by atoms with Gasteiger partial charge in [0.25, 0.3) is 0 Å². The first-order chi connectivity index (χ1) is 12.0. The molecule has 1 N–H and O–H groups in total. The van der Waals surface area contributed by atoms with E-state index in [1.165, 1.54) is 31.1 Å². The number of aliphatic hydroxyl groups is 1. The third-order valence-corrected chi connectivity index (χ3v) is 3.32. The molecule has 4 nitrogen and oxygen atoms in total. The van der Waals surface area contributed by atoms with Crippen LogP contribution in [0.4, 0.5) is 0 Å². The van der Waals surface area contributed by atoms with Gasteiger partial charge in [0.15, 0.2) is 5.78 Å². The molecule has 1 heterocycles. The van der Waals surface area contributed by atoms with Crippen molar-refractivity contribution >= 4 is 5.78 Å². The van der Waals surface area contributed by atoms with Gasteiger partial charge >= 0.3 is 0 Å². The molecule has 0 amide bonds. The van der Waals surface area contributed by atoms with Gasteiger partial charge < -0.3 is 5.11 Å². The molecule has 0 aliphatic rings. The number of aryl methyl sites for hydroxylation is 1. The number of hydrogen-bond acceptors (Lipinski definition) is 3. The van der Waals surface area contributed by atoms with Gasteiger partial charge in [-0.3, -0.25) is 9.48 Å². The van der Waals surface area contributed by atoms with Gasteiger partial charge in [0.1, 0.15) is 0 Å². The SMILES string of the molecule is CC(=O)/C=C(/C)O.Cn1ccc(-c2[c-]cc(-c3ccccc3)cc2)n1.[Ir]. The Kier molecular flexibility index (Phi) is 8.69. The number of carbonyl (C=O) groups excluding carboxylic acids is 1. The third-order valence-electron chi connectivity index (χ3n) is 3.32. The van der Waals surface area contributed by atoms with E-state index in [2.05, 4.69) is 35.4 Å². The average Bonchev–Trinajstić information content (AvgIpc) is 3.02. The summed E-state index contributed by atoms with van der Waals surface area (Å²) in [5.41, 5.74) is 4.36. The van der Waals surface area contributed by atoms with Crippen molar-refractivity contribution in [2.24, 2.45) is 7.05 Å². The molecule has 0 bridgehead atoms. The third kappa shape index (κ3) is 6.79. The number of hydrogen-bond donors (Lipinski definition) is 1. The fourth-order valence-corrected chi connectivity index (χ4v) is 2.25. The summed E-state index contributed by atoms with van der Waals surface area (Å²) < 4.78 is 1.80. The Balaban J connectivity index is 0.000000366. The fraction of sp³-hybridized carbons (Fsp3) is 0.143. The van der Waals surface area contributed by atoms with Crippen LogP contribution in [0.5, 0.6) is 0 Å². The Morgan fingerprint density at radius 1 is 1.08 bits per heavy atom. The summed E-state index contributed by atoms with van der Waals surface area (Å²) in [6, 6.07) is 21.8. The molecule has 0 spiro atoms. The average molecular weight is 526 g/mol. The van der Waals surface area contributed by atoms with E-state index >= 15 is 0 Å². The Bertz CT molecular complexity index is 849. The molecule has 2 aromatic carbocycles. The van der Waals surface area contributed by atoms with Gasteiger partial charge in [-0.1, -0.05) is 47.5 Å². The molecule has 0 saturated heterocycles. The summed E-state index contributed by atoms with van der Waals surface area (Å²) in [5.74, 6) is -0.0625. The molecule has 0 atom stereocenters.